The quantitative estimate of drug-likeness (QED) is 0.549. The van der Waals surface area contributed by atoms with E-state index in [0.29, 0.717) is 11.3 Å². The number of hydrogen-bond acceptors (Lipinski definition) is 6. The van der Waals surface area contributed by atoms with Gasteiger partial charge in [0, 0.05) is 12.6 Å². The molecule has 0 aliphatic carbocycles. The molecule has 120 valence electrons. The molecule has 7 nitrogen and oxygen atoms in total. The topological polar surface area (TPSA) is 110 Å². The van der Waals surface area contributed by atoms with E-state index in [-0.39, 0.29) is 21.0 Å². The average Bonchev–Trinajstić information content (AvgIpc) is 2.81. The summed E-state index contributed by atoms with van der Waals surface area (Å²) in [5.41, 5.74) is -0.442. The molecule has 0 fully saturated rings. The van der Waals surface area contributed by atoms with Crippen molar-refractivity contribution in [2.45, 2.75) is 37.0 Å². The van der Waals surface area contributed by atoms with Crippen LogP contribution < -0.4 is 4.72 Å². The van der Waals surface area contributed by atoms with Crippen LogP contribution in [0.2, 0.25) is 4.34 Å². The lowest BCUT2D eigenvalue weighted by Gasteiger charge is -2.20. The summed E-state index contributed by atoms with van der Waals surface area (Å²) >= 11 is 6.25. The first kappa shape index (κ1) is 18.3. The molecule has 2 N–H and O–H groups in total. The van der Waals surface area contributed by atoms with Crippen LogP contribution in [0.25, 0.3) is 0 Å². The fourth-order valence-corrected chi connectivity index (χ4v) is 4.62. The van der Waals surface area contributed by atoms with Crippen molar-refractivity contribution in [2.75, 3.05) is 6.54 Å². The van der Waals surface area contributed by atoms with E-state index in [9.17, 15) is 23.6 Å². The van der Waals surface area contributed by atoms with Gasteiger partial charge < -0.3 is 5.11 Å². The summed E-state index contributed by atoms with van der Waals surface area (Å²) in [6.07, 6.45) is 0.658. The van der Waals surface area contributed by atoms with Gasteiger partial charge in [0.15, 0.2) is 4.34 Å². The molecule has 10 heteroatoms. The predicted octanol–water partition coefficient (Wildman–Crippen LogP) is 2.39. The summed E-state index contributed by atoms with van der Waals surface area (Å²) in [5, 5.41) is 20.6. The van der Waals surface area contributed by atoms with Gasteiger partial charge in [0.2, 0.25) is 10.0 Å². The van der Waals surface area contributed by atoms with E-state index in [0.717, 1.165) is 18.9 Å². The Labute approximate surface area is 132 Å². The van der Waals surface area contributed by atoms with Crippen LogP contribution in [0, 0.1) is 16.0 Å². The van der Waals surface area contributed by atoms with E-state index < -0.39 is 26.7 Å². The maximum absolute atomic E-state index is 12.0. The van der Waals surface area contributed by atoms with Gasteiger partial charge in [0.25, 0.3) is 5.69 Å². The highest BCUT2D eigenvalue weighted by molar-refractivity contribution is 7.91. The monoisotopic (exact) mass is 356 g/mol. The van der Waals surface area contributed by atoms with Crippen molar-refractivity contribution < 1.29 is 18.4 Å². The van der Waals surface area contributed by atoms with Gasteiger partial charge in [-0.2, -0.15) is 0 Å². The number of sulfonamides is 1. The van der Waals surface area contributed by atoms with Crippen molar-refractivity contribution in [1.29, 1.82) is 0 Å². The van der Waals surface area contributed by atoms with E-state index >= 15 is 0 Å². The first-order valence-electron chi connectivity index (χ1n) is 6.34. The summed E-state index contributed by atoms with van der Waals surface area (Å²) in [4.78, 5) is 9.93. The van der Waals surface area contributed by atoms with Crippen molar-refractivity contribution in [3.05, 3.63) is 20.5 Å². The molecule has 0 saturated heterocycles. The molecule has 0 amide bonds. The van der Waals surface area contributed by atoms with E-state index in [1.165, 1.54) is 0 Å². The van der Waals surface area contributed by atoms with Crippen molar-refractivity contribution in [3.63, 3.8) is 0 Å². The van der Waals surface area contributed by atoms with Crippen LogP contribution in [0.3, 0.4) is 0 Å². The zero-order valence-corrected chi connectivity index (χ0v) is 14.0. The Morgan fingerprint density at radius 3 is 2.48 bits per heavy atom. The Kier molecular flexibility index (Phi) is 6.54. The minimum atomic E-state index is -3.92. The second kappa shape index (κ2) is 7.50. The Bertz CT molecular complexity index is 598. The van der Waals surface area contributed by atoms with Gasteiger partial charge in [-0.15, -0.1) is 11.3 Å². The third-order valence-electron chi connectivity index (χ3n) is 3.18. The molecule has 21 heavy (non-hydrogen) atoms. The zero-order valence-electron chi connectivity index (χ0n) is 11.6. The smallest absolute Gasteiger partial charge is 0.300 e. The van der Waals surface area contributed by atoms with Crippen molar-refractivity contribution in [2.24, 2.45) is 5.92 Å². The molecular formula is C11H17ClN2O5S2. The van der Waals surface area contributed by atoms with Crippen molar-refractivity contribution in [3.8, 4) is 0 Å². The number of aliphatic hydroxyl groups excluding tert-OH is 1. The van der Waals surface area contributed by atoms with Crippen LogP contribution in [0.15, 0.2) is 10.3 Å². The average molecular weight is 357 g/mol. The highest BCUT2D eigenvalue weighted by Gasteiger charge is 2.26. The van der Waals surface area contributed by atoms with Crippen LogP contribution in [-0.4, -0.2) is 31.1 Å². The summed E-state index contributed by atoms with van der Waals surface area (Å²) in [6, 6.07) is 0.916. The summed E-state index contributed by atoms with van der Waals surface area (Å²) < 4.78 is 25.9. The van der Waals surface area contributed by atoms with Crippen LogP contribution in [0.5, 0.6) is 0 Å². The molecule has 1 rings (SSSR count). The van der Waals surface area contributed by atoms with Gasteiger partial charge in [0.05, 0.1) is 11.0 Å². The first-order chi connectivity index (χ1) is 9.72. The first-order valence-corrected chi connectivity index (χ1v) is 9.02. The summed E-state index contributed by atoms with van der Waals surface area (Å²) in [6.45, 7) is 3.68. The van der Waals surface area contributed by atoms with E-state index in [1.54, 1.807) is 0 Å². The molecule has 0 bridgehead atoms. The number of hydrogen-bond donors (Lipinski definition) is 2. The minimum Gasteiger partial charge on any atom is -0.391 e. The molecule has 0 aliphatic rings. The lowest BCUT2D eigenvalue weighted by molar-refractivity contribution is -0.384. The molecule has 1 aromatic heterocycles. The molecule has 0 aromatic carbocycles. The van der Waals surface area contributed by atoms with Crippen LogP contribution in [0.1, 0.15) is 26.7 Å². The number of aliphatic hydroxyl groups is 1. The highest BCUT2D eigenvalue weighted by Crippen LogP contribution is 2.36. The summed E-state index contributed by atoms with van der Waals surface area (Å²) in [7, 11) is -3.92. The lowest BCUT2D eigenvalue weighted by atomic mass is 9.97. The number of rotatable bonds is 8. The molecule has 0 aliphatic heterocycles. The number of thiophene rings is 1. The third kappa shape index (κ3) is 4.62. The largest absolute Gasteiger partial charge is 0.391 e. The number of nitro groups is 1. The Balaban J connectivity index is 2.83. The summed E-state index contributed by atoms with van der Waals surface area (Å²) in [5.74, 6) is -0.00559. The zero-order chi connectivity index (χ0) is 16.2. The Hall–Kier alpha value is -0.740. The van der Waals surface area contributed by atoms with Gasteiger partial charge in [-0.1, -0.05) is 38.3 Å². The number of nitrogens with one attached hydrogen (secondary N) is 1. The van der Waals surface area contributed by atoms with Crippen molar-refractivity contribution in [1.82, 2.24) is 4.72 Å². The highest BCUT2D eigenvalue weighted by atomic mass is 35.5. The fraction of sp³-hybridized carbons (Fsp3) is 0.636. The lowest BCUT2D eigenvalue weighted by Crippen LogP contribution is -2.35. The Morgan fingerprint density at radius 2 is 2.05 bits per heavy atom. The maximum Gasteiger partial charge on any atom is 0.300 e. The maximum atomic E-state index is 12.0. The van der Waals surface area contributed by atoms with E-state index in [4.69, 9.17) is 11.6 Å². The van der Waals surface area contributed by atoms with Gasteiger partial charge in [-0.25, -0.2) is 13.1 Å². The second-order valence-electron chi connectivity index (χ2n) is 4.48. The van der Waals surface area contributed by atoms with E-state index in [1.807, 2.05) is 13.8 Å². The van der Waals surface area contributed by atoms with Gasteiger partial charge in [0.1, 0.15) is 4.21 Å². The number of nitrogens with zero attached hydrogens (tertiary/aromatic N) is 1. The van der Waals surface area contributed by atoms with Crippen molar-refractivity contribution >= 4 is 38.6 Å². The minimum absolute atomic E-state index is 0.00559. The van der Waals surface area contributed by atoms with E-state index in [2.05, 4.69) is 4.72 Å². The molecule has 1 heterocycles. The molecule has 1 unspecified atom stereocenters. The predicted molar refractivity (Wildman–Crippen MR) is 81.3 cm³/mol. The van der Waals surface area contributed by atoms with Crippen LogP contribution in [-0.2, 0) is 10.0 Å². The third-order valence-corrected chi connectivity index (χ3v) is 6.42. The fourth-order valence-electron chi connectivity index (χ4n) is 1.86. The van der Waals surface area contributed by atoms with Gasteiger partial charge in [-0.3, -0.25) is 10.1 Å². The standard InChI is InChI=1S/C11H17ClN2O5S2/c1-3-7(4-2)9(15)6-13-21(18,19)10-5-8(14(16)17)11(12)20-10/h5,7,9,13,15H,3-4,6H2,1-2H3. The number of halogens is 1. The molecule has 0 saturated carbocycles. The van der Waals surface area contributed by atoms with Gasteiger partial charge >= 0.3 is 0 Å². The SMILES string of the molecule is CCC(CC)C(O)CNS(=O)(=O)c1cc([N+](=O)[O-])c(Cl)s1. The molecular weight excluding hydrogens is 340 g/mol. The van der Waals surface area contributed by atoms with Gasteiger partial charge in [-0.05, 0) is 5.92 Å². The van der Waals surface area contributed by atoms with Crippen LogP contribution in [0.4, 0.5) is 5.69 Å². The molecule has 1 atom stereocenters. The van der Waals surface area contributed by atoms with Crippen LogP contribution >= 0.6 is 22.9 Å². The molecule has 0 spiro atoms. The second-order valence-corrected chi connectivity index (χ2v) is 8.13. The molecule has 0 radical (unpaired) electrons. The Morgan fingerprint density at radius 1 is 1.48 bits per heavy atom. The normalized spacial score (nSPS) is 13.6. The molecule has 1 aromatic rings.